The van der Waals surface area contributed by atoms with Gasteiger partial charge in [-0.25, -0.2) is 19.9 Å². The van der Waals surface area contributed by atoms with Crippen LogP contribution in [0.5, 0.6) is 0 Å². The van der Waals surface area contributed by atoms with Crippen molar-refractivity contribution in [2.75, 3.05) is 16.4 Å². The first-order chi connectivity index (χ1) is 14.6. The van der Waals surface area contributed by atoms with E-state index in [1.807, 2.05) is 30.5 Å². The van der Waals surface area contributed by atoms with Crippen LogP contribution in [-0.4, -0.2) is 25.8 Å². The molecule has 0 fully saturated rings. The number of aryl methyl sites for hydroxylation is 1. The fraction of sp³-hybridized carbons (Fsp3) is 0.0500. The summed E-state index contributed by atoms with van der Waals surface area (Å²) >= 11 is 2.85. The predicted octanol–water partition coefficient (Wildman–Crippen LogP) is 4.58. The van der Waals surface area contributed by atoms with Gasteiger partial charge in [-0.3, -0.25) is 4.79 Å². The molecule has 0 aliphatic carbocycles. The summed E-state index contributed by atoms with van der Waals surface area (Å²) in [6, 6.07) is 5.83. The van der Waals surface area contributed by atoms with Crippen molar-refractivity contribution in [1.29, 1.82) is 0 Å². The first kappa shape index (κ1) is 18.4. The van der Waals surface area contributed by atoms with Gasteiger partial charge in [0.25, 0.3) is 5.91 Å². The molecule has 0 radical (unpaired) electrons. The topological polar surface area (TPSA) is 119 Å². The van der Waals surface area contributed by atoms with E-state index in [0.29, 0.717) is 27.4 Å². The SMILES string of the molecule is Cc1ccc2c(Nc3nccs3)nccc2c1NC(=O)c1csc2c(N)ncnc12. The lowest BCUT2D eigenvalue weighted by Crippen LogP contribution is -2.13. The molecule has 0 atom stereocenters. The molecule has 10 heteroatoms. The van der Waals surface area contributed by atoms with Gasteiger partial charge in [-0.15, -0.1) is 22.7 Å². The molecular formula is C20H15N7OS2. The predicted molar refractivity (Wildman–Crippen MR) is 122 cm³/mol. The number of benzene rings is 1. The second-order valence-corrected chi connectivity index (χ2v) is 8.29. The van der Waals surface area contributed by atoms with Gasteiger partial charge < -0.3 is 16.4 Å². The first-order valence-electron chi connectivity index (χ1n) is 8.95. The number of aromatic nitrogens is 4. The van der Waals surface area contributed by atoms with Crippen LogP contribution >= 0.6 is 22.7 Å². The number of rotatable bonds is 4. The molecule has 0 bridgehead atoms. The number of carbonyl (C=O) groups excluding carboxylic acids is 1. The van der Waals surface area contributed by atoms with Gasteiger partial charge in [0.15, 0.2) is 5.13 Å². The zero-order chi connectivity index (χ0) is 20.7. The maximum absolute atomic E-state index is 13.1. The van der Waals surface area contributed by atoms with Crippen molar-refractivity contribution in [1.82, 2.24) is 19.9 Å². The molecule has 4 heterocycles. The van der Waals surface area contributed by atoms with Crippen LogP contribution in [0.2, 0.25) is 0 Å². The highest BCUT2D eigenvalue weighted by atomic mass is 32.1. The van der Waals surface area contributed by atoms with Gasteiger partial charge in [0.2, 0.25) is 0 Å². The van der Waals surface area contributed by atoms with Crippen molar-refractivity contribution in [2.24, 2.45) is 0 Å². The fourth-order valence-electron chi connectivity index (χ4n) is 3.23. The minimum absolute atomic E-state index is 0.249. The Morgan fingerprint density at radius 1 is 1.03 bits per heavy atom. The normalized spacial score (nSPS) is 11.1. The average Bonchev–Trinajstić information content (AvgIpc) is 3.41. The van der Waals surface area contributed by atoms with E-state index in [4.69, 9.17) is 5.73 Å². The number of fused-ring (bicyclic) bond motifs is 2. The summed E-state index contributed by atoms with van der Waals surface area (Å²) in [7, 11) is 0. The van der Waals surface area contributed by atoms with E-state index >= 15 is 0 Å². The molecule has 30 heavy (non-hydrogen) atoms. The largest absolute Gasteiger partial charge is 0.382 e. The number of hydrogen-bond donors (Lipinski definition) is 3. The zero-order valence-corrected chi connectivity index (χ0v) is 17.3. The molecule has 4 aromatic heterocycles. The number of nitrogens with one attached hydrogen (secondary N) is 2. The Balaban J connectivity index is 1.56. The summed E-state index contributed by atoms with van der Waals surface area (Å²) in [5.74, 6) is 0.801. The van der Waals surface area contributed by atoms with Gasteiger partial charge in [-0.1, -0.05) is 12.1 Å². The van der Waals surface area contributed by atoms with Gasteiger partial charge >= 0.3 is 0 Å². The monoisotopic (exact) mass is 433 g/mol. The Hall–Kier alpha value is -3.63. The maximum Gasteiger partial charge on any atom is 0.258 e. The van der Waals surface area contributed by atoms with E-state index < -0.39 is 0 Å². The standard InChI is InChI=1S/C20H15N7OS2/c1-10-2-3-12-11(4-5-22-18(12)27-20-23-6-7-29-20)14(10)26-19(28)13-8-30-16-15(13)24-9-25-17(16)21/h2-9H,1H3,(H,26,28)(H2,21,24,25)(H,22,23,27). The minimum Gasteiger partial charge on any atom is -0.382 e. The third-order valence-electron chi connectivity index (χ3n) is 4.68. The second-order valence-electron chi connectivity index (χ2n) is 6.51. The molecule has 148 valence electrons. The smallest absolute Gasteiger partial charge is 0.258 e. The summed E-state index contributed by atoms with van der Waals surface area (Å²) in [6.45, 7) is 1.95. The van der Waals surface area contributed by atoms with Crippen LogP contribution in [0.3, 0.4) is 0 Å². The van der Waals surface area contributed by atoms with E-state index in [0.717, 1.165) is 27.2 Å². The Bertz CT molecular complexity index is 1400. The number of nitrogens with zero attached hydrogens (tertiary/aromatic N) is 4. The van der Waals surface area contributed by atoms with E-state index in [1.54, 1.807) is 17.8 Å². The number of nitrogen functional groups attached to an aromatic ring is 1. The molecule has 8 nitrogen and oxygen atoms in total. The van der Waals surface area contributed by atoms with Gasteiger partial charge in [0.1, 0.15) is 18.0 Å². The van der Waals surface area contributed by atoms with E-state index in [1.165, 1.54) is 29.0 Å². The molecule has 5 aromatic rings. The summed E-state index contributed by atoms with van der Waals surface area (Å²) < 4.78 is 0.705. The number of thiophene rings is 1. The molecule has 5 rings (SSSR count). The van der Waals surface area contributed by atoms with Crippen molar-refractivity contribution in [2.45, 2.75) is 6.92 Å². The first-order valence-corrected chi connectivity index (χ1v) is 10.7. The van der Waals surface area contributed by atoms with Gasteiger partial charge in [-0.2, -0.15) is 0 Å². The highest BCUT2D eigenvalue weighted by molar-refractivity contribution is 7.18. The summed E-state index contributed by atoms with van der Waals surface area (Å²) in [6.07, 6.45) is 4.81. The van der Waals surface area contributed by atoms with E-state index in [-0.39, 0.29) is 5.91 Å². The van der Waals surface area contributed by atoms with Crippen LogP contribution in [-0.2, 0) is 0 Å². The molecule has 0 aliphatic heterocycles. The molecule has 1 amide bonds. The molecule has 0 saturated carbocycles. The summed E-state index contributed by atoms with van der Waals surface area (Å²) in [5.41, 5.74) is 8.59. The molecule has 0 saturated heterocycles. The highest BCUT2D eigenvalue weighted by Gasteiger charge is 2.18. The van der Waals surface area contributed by atoms with Crippen molar-refractivity contribution in [3.8, 4) is 0 Å². The van der Waals surface area contributed by atoms with Crippen molar-refractivity contribution >= 4 is 72.0 Å². The van der Waals surface area contributed by atoms with Crippen molar-refractivity contribution in [3.63, 3.8) is 0 Å². The lowest BCUT2D eigenvalue weighted by Gasteiger charge is -2.14. The third kappa shape index (κ3) is 3.11. The van der Waals surface area contributed by atoms with Gasteiger partial charge in [0, 0.05) is 33.9 Å². The second kappa shape index (κ2) is 7.32. The molecule has 0 aliphatic rings. The Morgan fingerprint density at radius 2 is 1.93 bits per heavy atom. The number of nitrogens with two attached hydrogens (primary N) is 1. The third-order valence-corrected chi connectivity index (χ3v) is 6.36. The van der Waals surface area contributed by atoms with Crippen LogP contribution < -0.4 is 16.4 Å². The lowest BCUT2D eigenvalue weighted by molar-refractivity contribution is 0.102. The summed E-state index contributed by atoms with van der Waals surface area (Å²) in [4.78, 5) is 30.0. The Labute approximate surface area is 178 Å². The van der Waals surface area contributed by atoms with Gasteiger partial charge in [-0.05, 0) is 18.6 Å². The molecule has 0 spiro atoms. The molecular weight excluding hydrogens is 418 g/mol. The van der Waals surface area contributed by atoms with Crippen LogP contribution in [0, 0.1) is 6.92 Å². The summed E-state index contributed by atoms with van der Waals surface area (Å²) in [5, 5.41) is 12.5. The fourth-order valence-corrected chi connectivity index (χ4v) is 4.66. The highest BCUT2D eigenvalue weighted by Crippen LogP contribution is 2.34. The number of amides is 1. The van der Waals surface area contributed by atoms with Crippen LogP contribution in [0.15, 0.2) is 47.7 Å². The molecule has 4 N–H and O–H groups in total. The lowest BCUT2D eigenvalue weighted by atomic mass is 10.1. The van der Waals surface area contributed by atoms with Crippen molar-refractivity contribution < 1.29 is 4.79 Å². The van der Waals surface area contributed by atoms with Crippen LogP contribution in [0.4, 0.5) is 22.5 Å². The van der Waals surface area contributed by atoms with Crippen molar-refractivity contribution in [3.05, 3.63) is 58.8 Å². The minimum atomic E-state index is -0.249. The van der Waals surface area contributed by atoms with Gasteiger partial charge in [0.05, 0.1) is 21.5 Å². The number of thiazole rings is 1. The number of anilines is 4. The molecule has 0 unspecified atom stereocenters. The molecule has 1 aromatic carbocycles. The Kier molecular flexibility index (Phi) is 4.49. The van der Waals surface area contributed by atoms with Crippen LogP contribution in [0.1, 0.15) is 15.9 Å². The maximum atomic E-state index is 13.1. The number of hydrogen-bond acceptors (Lipinski definition) is 9. The zero-order valence-electron chi connectivity index (χ0n) is 15.7. The van der Waals surface area contributed by atoms with E-state index in [9.17, 15) is 4.79 Å². The Morgan fingerprint density at radius 3 is 2.77 bits per heavy atom. The van der Waals surface area contributed by atoms with Crippen LogP contribution in [0.25, 0.3) is 21.0 Å². The number of carbonyl (C=O) groups is 1. The number of pyridine rings is 1. The average molecular weight is 434 g/mol. The quantitative estimate of drug-likeness (QED) is 0.379. The van der Waals surface area contributed by atoms with E-state index in [2.05, 4.69) is 30.6 Å².